The molecule has 0 unspecified atom stereocenters. The van der Waals surface area contributed by atoms with Gasteiger partial charge in [-0.2, -0.15) is 13.9 Å². The Hall–Kier alpha value is -2.21. The molecule has 194 valence electrons. The van der Waals surface area contributed by atoms with Crippen LogP contribution in [0.15, 0.2) is 45.9 Å². The van der Waals surface area contributed by atoms with Crippen molar-refractivity contribution in [1.29, 1.82) is 0 Å². The molecule has 0 radical (unpaired) electrons. The van der Waals surface area contributed by atoms with E-state index in [2.05, 4.69) is 64.7 Å². The molecule has 0 spiro atoms. The molecule has 2 saturated heterocycles. The number of hydrogen-bond donors (Lipinski definition) is 3. The van der Waals surface area contributed by atoms with Gasteiger partial charge in [0.15, 0.2) is 5.65 Å². The van der Waals surface area contributed by atoms with Gasteiger partial charge in [0, 0.05) is 42.0 Å². The fourth-order valence-electron chi connectivity index (χ4n) is 5.67. The maximum Gasteiger partial charge on any atom is 0.243 e. The first-order valence-electron chi connectivity index (χ1n) is 12.4. The predicted molar refractivity (Wildman–Crippen MR) is 146 cm³/mol. The topological polar surface area (TPSA) is 104 Å². The zero-order valence-electron chi connectivity index (χ0n) is 21.2. The standard InChI is InChI=1S/C25H34BrN7O2S/c1-24(2)14-18(15-25(3,4)31-24)28-21-13-22(33-23(30-21)20(26)16-27-33)29-17-7-9-19(10-8-17)36(34,35)32-11-5-6-12-32/h7-10,13,16,18,29,31H,5-6,11-12,14-15H2,1-4H3,(H,28,30). The quantitative estimate of drug-likeness (QED) is 0.390. The lowest BCUT2D eigenvalue weighted by atomic mass is 9.79. The minimum Gasteiger partial charge on any atom is -0.367 e. The smallest absolute Gasteiger partial charge is 0.243 e. The highest BCUT2D eigenvalue weighted by Crippen LogP contribution is 2.32. The minimum absolute atomic E-state index is 0.0128. The van der Waals surface area contributed by atoms with Crippen LogP contribution in [0.2, 0.25) is 0 Å². The van der Waals surface area contributed by atoms with Crippen LogP contribution >= 0.6 is 15.9 Å². The first-order chi connectivity index (χ1) is 16.9. The van der Waals surface area contributed by atoms with Crippen molar-refractivity contribution in [2.75, 3.05) is 23.7 Å². The van der Waals surface area contributed by atoms with Crippen LogP contribution in [0.25, 0.3) is 5.65 Å². The van der Waals surface area contributed by atoms with E-state index in [0.29, 0.717) is 23.6 Å². The second kappa shape index (κ2) is 9.27. The third-order valence-corrected chi connectivity index (χ3v) is 9.27. The molecule has 0 atom stereocenters. The third kappa shape index (κ3) is 5.25. The lowest BCUT2D eigenvalue weighted by molar-refractivity contribution is 0.170. The van der Waals surface area contributed by atoms with E-state index in [-0.39, 0.29) is 17.1 Å². The van der Waals surface area contributed by atoms with Gasteiger partial charge in [0.05, 0.1) is 15.6 Å². The first kappa shape index (κ1) is 25.4. The lowest BCUT2D eigenvalue weighted by Crippen LogP contribution is -2.60. The van der Waals surface area contributed by atoms with Gasteiger partial charge in [-0.1, -0.05) is 0 Å². The molecule has 0 saturated carbocycles. The van der Waals surface area contributed by atoms with Crippen LogP contribution in [0.1, 0.15) is 53.4 Å². The number of nitrogens with zero attached hydrogens (tertiary/aromatic N) is 4. The summed E-state index contributed by atoms with van der Waals surface area (Å²) in [4.78, 5) is 5.13. The molecule has 2 aliphatic heterocycles. The van der Waals surface area contributed by atoms with Gasteiger partial charge >= 0.3 is 0 Å². The molecule has 2 aromatic heterocycles. The highest BCUT2D eigenvalue weighted by molar-refractivity contribution is 9.10. The number of nitrogens with one attached hydrogen (secondary N) is 3. The molecule has 9 nitrogen and oxygen atoms in total. The molecule has 2 aliphatic rings. The maximum absolute atomic E-state index is 12.9. The van der Waals surface area contributed by atoms with Gasteiger partial charge in [0.1, 0.15) is 11.6 Å². The van der Waals surface area contributed by atoms with Crippen molar-refractivity contribution in [1.82, 2.24) is 24.2 Å². The molecule has 3 aromatic rings. The molecule has 0 bridgehead atoms. The van der Waals surface area contributed by atoms with Crippen LogP contribution in [-0.4, -0.2) is 57.5 Å². The maximum atomic E-state index is 12.9. The summed E-state index contributed by atoms with van der Waals surface area (Å²) in [5, 5.41) is 15.2. The summed E-state index contributed by atoms with van der Waals surface area (Å²) >= 11 is 3.56. The summed E-state index contributed by atoms with van der Waals surface area (Å²) in [5.74, 6) is 1.49. The summed E-state index contributed by atoms with van der Waals surface area (Å²) in [5.41, 5.74) is 1.49. The van der Waals surface area contributed by atoms with Gasteiger partial charge in [-0.3, -0.25) is 0 Å². The van der Waals surface area contributed by atoms with Gasteiger partial charge < -0.3 is 16.0 Å². The number of aromatic nitrogens is 3. The van der Waals surface area contributed by atoms with Gasteiger partial charge in [0.2, 0.25) is 10.0 Å². The van der Waals surface area contributed by atoms with E-state index in [0.717, 1.165) is 47.5 Å². The summed E-state index contributed by atoms with van der Waals surface area (Å²) < 4.78 is 29.8. The van der Waals surface area contributed by atoms with Crippen molar-refractivity contribution in [3.05, 3.63) is 41.0 Å². The molecule has 0 aliphatic carbocycles. The minimum atomic E-state index is -3.45. The van der Waals surface area contributed by atoms with Crippen molar-refractivity contribution in [3.63, 3.8) is 0 Å². The highest BCUT2D eigenvalue weighted by Gasteiger charge is 2.37. The van der Waals surface area contributed by atoms with Crippen molar-refractivity contribution < 1.29 is 8.42 Å². The normalized spacial score (nSPS) is 20.6. The SMILES string of the molecule is CC1(C)CC(Nc2cc(Nc3ccc(S(=O)(=O)N4CCCC4)cc3)n3ncc(Br)c3n2)CC(C)(C)N1. The monoisotopic (exact) mass is 575 g/mol. The van der Waals surface area contributed by atoms with E-state index < -0.39 is 10.0 Å². The largest absolute Gasteiger partial charge is 0.367 e. The number of rotatable bonds is 6. The van der Waals surface area contributed by atoms with E-state index in [1.165, 1.54) is 0 Å². The molecule has 11 heteroatoms. The van der Waals surface area contributed by atoms with Crippen molar-refractivity contribution >= 4 is 48.9 Å². The summed E-state index contributed by atoms with van der Waals surface area (Å²) in [6, 6.07) is 9.11. The molecular weight excluding hydrogens is 542 g/mol. The number of sulfonamides is 1. The average molecular weight is 577 g/mol. The third-order valence-electron chi connectivity index (χ3n) is 6.80. The Kier molecular flexibility index (Phi) is 6.55. The van der Waals surface area contributed by atoms with Crippen LogP contribution in [-0.2, 0) is 10.0 Å². The number of anilines is 3. The van der Waals surface area contributed by atoms with E-state index >= 15 is 0 Å². The zero-order valence-corrected chi connectivity index (χ0v) is 23.6. The van der Waals surface area contributed by atoms with E-state index in [9.17, 15) is 8.42 Å². The van der Waals surface area contributed by atoms with Gasteiger partial charge in [-0.05, 0) is 93.6 Å². The van der Waals surface area contributed by atoms with Crippen LogP contribution in [0, 0.1) is 0 Å². The molecule has 2 fully saturated rings. The Labute approximate surface area is 221 Å². The number of hydrogen-bond acceptors (Lipinski definition) is 7. The van der Waals surface area contributed by atoms with Crippen LogP contribution in [0.4, 0.5) is 17.3 Å². The summed E-state index contributed by atoms with van der Waals surface area (Å²) in [7, 11) is -3.45. The second-order valence-corrected chi connectivity index (χ2v) is 13.9. The Morgan fingerprint density at radius 3 is 2.33 bits per heavy atom. The van der Waals surface area contributed by atoms with Crippen molar-refractivity contribution in [2.45, 2.75) is 75.4 Å². The number of piperidine rings is 1. The Balaban J connectivity index is 1.41. The van der Waals surface area contributed by atoms with Crippen LogP contribution in [0.3, 0.4) is 0 Å². The van der Waals surface area contributed by atoms with E-state index in [4.69, 9.17) is 4.98 Å². The van der Waals surface area contributed by atoms with Crippen molar-refractivity contribution in [2.24, 2.45) is 0 Å². The lowest BCUT2D eigenvalue weighted by Gasteiger charge is -2.46. The van der Waals surface area contributed by atoms with Crippen molar-refractivity contribution in [3.8, 4) is 0 Å². The second-order valence-electron chi connectivity index (χ2n) is 11.2. The van der Waals surface area contributed by atoms with E-state index in [1.54, 1.807) is 39.3 Å². The molecule has 1 aromatic carbocycles. The summed E-state index contributed by atoms with van der Waals surface area (Å²) in [6.45, 7) is 10.1. The summed E-state index contributed by atoms with van der Waals surface area (Å²) in [6.07, 6.45) is 5.50. The van der Waals surface area contributed by atoms with Gasteiger partial charge in [-0.15, -0.1) is 0 Å². The Morgan fingerprint density at radius 1 is 1.06 bits per heavy atom. The fraction of sp³-hybridized carbons (Fsp3) is 0.520. The molecule has 36 heavy (non-hydrogen) atoms. The molecule has 5 rings (SSSR count). The van der Waals surface area contributed by atoms with Gasteiger partial charge in [-0.25, -0.2) is 13.4 Å². The van der Waals surface area contributed by atoms with Crippen LogP contribution in [0.5, 0.6) is 0 Å². The number of benzene rings is 1. The first-order valence-corrected chi connectivity index (χ1v) is 14.6. The Morgan fingerprint density at radius 2 is 1.69 bits per heavy atom. The van der Waals surface area contributed by atoms with E-state index in [1.807, 2.05) is 6.07 Å². The average Bonchev–Trinajstić information content (AvgIpc) is 3.43. The predicted octanol–water partition coefficient (Wildman–Crippen LogP) is 4.74. The zero-order chi connectivity index (χ0) is 25.7. The Bertz CT molecular complexity index is 1350. The molecule has 0 amide bonds. The molecule has 4 heterocycles. The number of fused-ring (bicyclic) bond motifs is 1. The highest BCUT2D eigenvalue weighted by atomic mass is 79.9. The van der Waals surface area contributed by atoms with Gasteiger partial charge in [0.25, 0.3) is 0 Å². The molecule has 3 N–H and O–H groups in total. The molecular formula is C25H34BrN7O2S. The number of halogens is 1. The fourth-order valence-corrected chi connectivity index (χ4v) is 7.53. The van der Waals surface area contributed by atoms with Crippen LogP contribution < -0.4 is 16.0 Å².